The number of ether oxygens (including phenoxy) is 1. The first-order chi connectivity index (χ1) is 9.94. The van der Waals surface area contributed by atoms with Crippen molar-refractivity contribution in [2.24, 2.45) is 11.3 Å². The number of carbonyl (C=O) groups is 2. The molecule has 0 radical (unpaired) electrons. The molecule has 0 aromatic heterocycles. The normalized spacial score (nSPS) is 27.0. The number of carboxylic acid groups (broad SMARTS) is 1. The molecule has 0 aromatic rings. The van der Waals surface area contributed by atoms with E-state index in [4.69, 9.17) is 4.74 Å². The Hall–Kier alpha value is -1.40. The zero-order chi connectivity index (χ0) is 16.8. The Balaban J connectivity index is 2.04. The number of alkyl halides is 2. The van der Waals surface area contributed by atoms with Crippen molar-refractivity contribution in [1.29, 1.82) is 0 Å². The number of nitrogens with zero attached hydrogens (tertiary/aromatic N) is 1. The van der Waals surface area contributed by atoms with E-state index in [0.29, 0.717) is 0 Å². The summed E-state index contributed by atoms with van der Waals surface area (Å²) in [6, 6.07) is 0. The fourth-order valence-electron chi connectivity index (χ4n) is 3.56. The first-order valence-electron chi connectivity index (χ1n) is 7.53. The number of carbonyl (C=O) groups excluding carboxylic acids is 1. The van der Waals surface area contributed by atoms with Crippen LogP contribution in [0, 0.1) is 11.3 Å². The van der Waals surface area contributed by atoms with Crippen molar-refractivity contribution in [3.63, 3.8) is 0 Å². The molecule has 22 heavy (non-hydrogen) atoms. The van der Waals surface area contributed by atoms with Crippen LogP contribution in [0.15, 0.2) is 0 Å². The SMILES string of the molecule is CC(C)(C)OC(=O)N1CCC2(CC1)CC(F)(F)CC2C(=O)O. The van der Waals surface area contributed by atoms with E-state index < -0.39 is 47.8 Å². The molecule has 1 aliphatic carbocycles. The van der Waals surface area contributed by atoms with Crippen molar-refractivity contribution in [1.82, 2.24) is 4.90 Å². The summed E-state index contributed by atoms with van der Waals surface area (Å²) in [6.45, 7) is 5.79. The smallest absolute Gasteiger partial charge is 0.410 e. The summed E-state index contributed by atoms with van der Waals surface area (Å²) < 4.78 is 32.7. The number of amides is 1. The zero-order valence-electron chi connectivity index (χ0n) is 13.2. The van der Waals surface area contributed by atoms with Gasteiger partial charge in [-0.3, -0.25) is 4.79 Å². The van der Waals surface area contributed by atoms with E-state index in [-0.39, 0.29) is 25.9 Å². The molecule has 0 aromatic carbocycles. The number of piperidine rings is 1. The molecule has 2 aliphatic rings. The van der Waals surface area contributed by atoms with Gasteiger partial charge in [-0.25, -0.2) is 13.6 Å². The second-order valence-corrected chi connectivity index (χ2v) is 7.46. The minimum atomic E-state index is -2.93. The van der Waals surface area contributed by atoms with E-state index in [1.54, 1.807) is 20.8 Å². The van der Waals surface area contributed by atoms with Gasteiger partial charge in [0, 0.05) is 25.9 Å². The lowest BCUT2D eigenvalue weighted by molar-refractivity contribution is -0.147. The molecule has 2 fully saturated rings. The van der Waals surface area contributed by atoms with E-state index >= 15 is 0 Å². The third-order valence-electron chi connectivity index (χ3n) is 4.56. The Morgan fingerprint density at radius 1 is 1.23 bits per heavy atom. The number of likely N-dealkylation sites (tertiary alicyclic amines) is 1. The molecule has 1 saturated heterocycles. The highest BCUT2D eigenvalue weighted by atomic mass is 19.3. The average molecular weight is 319 g/mol. The van der Waals surface area contributed by atoms with Crippen LogP contribution in [-0.2, 0) is 9.53 Å². The van der Waals surface area contributed by atoms with Gasteiger partial charge in [-0.15, -0.1) is 0 Å². The van der Waals surface area contributed by atoms with Gasteiger partial charge in [0.2, 0.25) is 5.92 Å². The van der Waals surface area contributed by atoms with E-state index in [2.05, 4.69) is 0 Å². The molecule has 1 N–H and O–H groups in total. The molecule has 1 heterocycles. The summed E-state index contributed by atoms with van der Waals surface area (Å²) in [5.74, 6) is -5.14. The molecule has 1 spiro atoms. The number of carboxylic acids is 1. The highest BCUT2D eigenvalue weighted by Crippen LogP contribution is 2.56. The minimum absolute atomic E-state index is 0.259. The van der Waals surface area contributed by atoms with Crippen molar-refractivity contribution >= 4 is 12.1 Å². The van der Waals surface area contributed by atoms with Crippen LogP contribution in [0.25, 0.3) is 0 Å². The molecule has 1 atom stereocenters. The van der Waals surface area contributed by atoms with Gasteiger partial charge in [-0.05, 0) is 39.0 Å². The van der Waals surface area contributed by atoms with Gasteiger partial charge in [-0.2, -0.15) is 0 Å². The zero-order valence-corrected chi connectivity index (χ0v) is 13.2. The van der Waals surface area contributed by atoms with Gasteiger partial charge in [-0.1, -0.05) is 0 Å². The molecule has 0 bridgehead atoms. The predicted octanol–water partition coefficient (Wildman–Crippen LogP) is 3.13. The van der Waals surface area contributed by atoms with Crippen LogP contribution in [0.4, 0.5) is 13.6 Å². The second kappa shape index (κ2) is 5.35. The Kier molecular flexibility index (Phi) is 4.13. The standard InChI is InChI=1S/C15H23F2NO4/c1-13(2,3)22-12(21)18-6-4-14(5-7-18)9-15(16,17)8-10(14)11(19)20/h10H,4-9H2,1-3H3,(H,19,20). The number of hydrogen-bond acceptors (Lipinski definition) is 3. The van der Waals surface area contributed by atoms with Gasteiger partial charge in [0.15, 0.2) is 0 Å². The molecule has 7 heteroatoms. The van der Waals surface area contributed by atoms with E-state index in [1.165, 1.54) is 4.90 Å². The number of halogens is 2. The first kappa shape index (κ1) is 17.0. The van der Waals surface area contributed by atoms with E-state index in [0.717, 1.165) is 0 Å². The Labute approximate surface area is 128 Å². The lowest BCUT2D eigenvalue weighted by atomic mass is 9.70. The van der Waals surface area contributed by atoms with Crippen LogP contribution >= 0.6 is 0 Å². The first-order valence-corrected chi connectivity index (χ1v) is 7.53. The van der Waals surface area contributed by atoms with Gasteiger partial charge in [0.25, 0.3) is 0 Å². The average Bonchev–Trinajstić information content (AvgIpc) is 2.59. The fourth-order valence-corrected chi connectivity index (χ4v) is 3.56. The lowest BCUT2D eigenvalue weighted by Crippen LogP contribution is -2.47. The van der Waals surface area contributed by atoms with Crippen LogP contribution in [0.3, 0.4) is 0 Å². The van der Waals surface area contributed by atoms with Crippen LogP contribution in [0.1, 0.15) is 46.5 Å². The van der Waals surface area contributed by atoms with Crippen LogP contribution < -0.4 is 0 Å². The summed E-state index contributed by atoms with van der Waals surface area (Å²) in [6.07, 6.45) is -0.926. The molecule has 1 unspecified atom stereocenters. The number of rotatable bonds is 1. The molecule has 2 rings (SSSR count). The summed E-state index contributed by atoms with van der Waals surface area (Å²) in [4.78, 5) is 24.8. The maximum Gasteiger partial charge on any atom is 0.410 e. The maximum atomic E-state index is 13.7. The molecular formula is C15H23F2NO4. The summed E-state index contributed by atoms with van der Waals surface area (Å²) in [5.41, 5.74) is -1.52. The summed E-state index contributed by atoms with van der Waals surface area (Å²) >= 11 is 0. The van der Waals surface area contributed by atoms with Gasteiger partial charge < -0.3 is 14.7 Å². The molecule has 1 amide bonds. The number of hydrogen-bond donors (Lipinski definition) is 1. The number of aliphatic carboxylic acids is 1. The topological polar surface area (TPSA) is 66.8 Å². The van der Waals surface area contributed by atoms with Crippen LogP contribution in [-0.4, -0.2) is 46.7 Å². The minimum Gasteiger partial charge on any atom is -0.481 e. The van der Waals surface area contributed by atoms with Gasteiger partial charge in [0.1, 0.15) is 5.60 Å². The van der Waals surface area contributed by atoms with Crippen LogP contribution in [0.2, 0.25) is 0 Å². The van der Waals surface area contributed by atoms with E-state index in [1.807, 2.05) is 0 Å². The molecular weight excluding hydrogens is 296 g/mol. The maximum absolute atomic E-state index is 13.7. The molecule has 1 aliphatic heterocycles. The Morgan fingerprint density at radius 2 is 1.77 bits per heavy atom. The monoisotopic (exact) mass is 319 g/mol. The second-order valence-electron chi connectivity index (χ2n) is 7.46. The largest absolute Gasteiger partial charge is 0.481 e. The highest BCUT2D eigenvalue weighted by molar-refractivity contribution is 5.72. The van der Waals surface area contributed by atoms with Crippen molar-refractivity contribution in [3.05, 3.63) is 0 Å². The third kappa shape index (κ3) is 3.50. The van der Waals surface area contributed by atoms with Crippen molar-refractivity contribution in [2.75, 3.05) is 13.1 Å². The quantitative estimate of drug-likeness (QED) is 0.806. The van der Waals surface area contributed by atoms with Crippen molar-refractivity contribution in [2.45, 2.75) is 58.0 Å². The molecule has 5 nitrogen and oxygen atoms in total. The summed E-state index contributed by atoms with van der Waals surface area (Å²) in [7, 11) is 0. The van der Waals surface area contributed by atoms with Gasteiger partial charge in [0.05, 0.1) is 5.92 Å². The lowest BCUT2D eigenvalue weighted by Gasteiger charge is -2.41. The summed E-state index contributed by atoms with van der Waals surface area (Å²) in [5, 5.41) is 9.25. The molecule has 126 valence electrons. The van der Waals surface area contributed by atoms with Gasteiger partial charge >= 0.3 is 12.1 Å². The van der Waals surface area contributed by atoms with Crippen LogP contribution in [0.5, 0.6) is 0 Å². The Bertz CT molecular complexity index is 465. The van der Waals surface area contributed by atoms with Crippen molar-refractivity contribution in [3.8, 4) is 0 Å². The Morgan fingerprint density at radius 3 is 2.23 bits per heavy atom. The van der Waals surface area contributed by atoms with E-state index in [9.17, 15) is 23.5 Å². The predicted molar refractivity (Wildman–Crippen MR) is 74.8 cm³/mol. The third-order valence-corrected chi connectivity index (χ3v) is 4.56. The fraction of sp³-hybridized carbons (Fsp3) is 0.867. The molecule has 1 saturated carbocycles. The van der Waals surface area contributed by atoms with Crippen molar-refractivity contribution < 1.29 is 28.2 Å². The highest BCUT2D eigenvalue weighted by Gasteiger charge is 2.59.